The number of aliphatic imine (C=N–C) groups is 2. The Morgan fingerprint density at radius 1 is 0.576 bits per heavy atom. The molecule has 2 heteroatoms. The Kier molecular flexibility index (Phi) is 12.1. The summed E-state index contributed by atoms with van der Waals surface area (Å²) >= 11 is 0. The summed E-state index contributed by atoms with van der Waals surface area (Å²) < 4.78 is 0. The first kappa shape index (κ1) is 27.0. The van der Waals surface area contributed by atoms with E-state index in [4.69, 9.17) is 9.98 Å². The van der Waals surface area contributed by atoms with Gasteiger partial charge in [0.25, 0.3) is 0 Å². The minimum absolute atomic E-state index is 0.992. The maximum absolute atomic E-state index is 5.13. The van der Waals surface area contributed by atoms with Crippen LogP contribution in [0.15, 0.2) is 46.4 Å². The standard InChI is InChI=1S/C31H46N2/c1-7-12-13-14-15-16-17-31(33-30-21-19-26(9-3)28(11-5)23-30)24(6)32-29-20-18-25(8-2)27(10-4)22-29/h18-23H,7-17H2,1-6H3. The van der Waals surface area contributed by atoms with E-state index in [0.717, 1.165) is 54.9 Å². The zero-order valence-electron chi connectivity index (χ0n) is 22.1. The quantitative estimate of drug-likeness (QED) is 0.204. The summed E-state index contributed by atoms with van der Waals surface area (Å²) in [5.74, 6) is 0. The normalized spacial score (nSPS) is 12.4. The zero-order valence-corrected chi connectivity index (χ0v) is 22.1. The topological polar surface area (TPSA) is 24.7 Å². The van der Waals surface area contributed by atoms with Crippen LogP contribution in [0.3, 0.4) is 0 Å². The van der Waals surface area contributed by atoms with Crippen molar-refractivity contribution in [3.05, 3.63) is 58.7 Å². The van der Waals surface area contributed by atoms with Crippen LogP contribution >= 0.6 is 0 Å². The Bertz CT molecular complexity index is 921. The Labute approximate surface area is 203 Å². The molecular weight excluding hydrogens is 400 g/mol. The van der Waals surface area contributed by atoms with E-state index in [-0.39, 0.29) is 0 Å². The fourth-order valence-electron chi connectivity index (χ4n) is 4.52. The summed E-state index contributed by atoms with van der Waals surface area (Å²) in [6, 6.07) is 13.4. The number of unbranched alkanes of at least 4 members (excludes halogenated alkanes) is 5. The van der Waals surface area contributed by atoms with Gasteiger partial charge >= 0.3 is 0 Å². The van der Waals surface area contributed by atoms with Gasteiger partial charge in [0.2, 0.25) is 0 Å². The minimum atomic E-state index is 0.992. The van der Waals surface area contributed by atoms with Gasteiger partial charge < -0.3 is 0 Å². The molecule has 0 atom stereocenters. The molecule has 0 unspecified atom stereocenters. The van der Waals surface area contributed by atoms with Crippen LogP contribution in [-0.4, -0.2) is 11.4 Å². The lowest BCUT2D eigenvalue weighted by Gasteiger charge is -2.11. The van der Waals surface area contributed by atoms with Gasteiger partial charge in [0.15, 0.2) is 0 Å². The summed E-state index contributed by atoms with van der Waals surface area (Å²) in [4.78, 5) is 10.2. The van der Waals surface area contributed by atoms with Crippen LogP contribution < -0.4 is 0 Å². The maximum Gasteiger partial charge on any atom is 0.0636 e. The highest BCUT2D eigenvalue weighted by molar-refractivity contribution is 6.42. The molecule has 0 amide bonds. The summed E-state index contributed by atoms with van der Waals surface area (Å²) in [7, 11) is 0. The summed E-state index contributed by atoms with van der Waals surface area (Å²) in [5, 5.41) is 0. The van der Waals surface area contributed by atoms with E-state index in [1.54, 1.807) is 0 Å². The molecule has 0 radical (unpaired) electrons. The molecule has 180 valence electrons. The zero-order chi connectivity index (χ0) is 24.1. The monoisotopic (exact) mass is 446 g/mol. The number of rotatable bonds is 14. The van der Waals surface area contributed by atoms with Crippen molar-refractivity contribution < 1.29 is 0 Å². The lowest BCUT2D eigenvalue weighted by atomic mass is 10.0. The van der Waals surface area contributed by atoms with Crippen molar-refractivity contribution in [2.75, 3.05) is 0 Å². The van der Waals surface area contributed by atoms with Gasteiger partial charge in [0.05, 0.1) is 22.8 Å². The van der Waals surface area contributed by atoms with Crippen LogP contribution in [0.25, 0.3) is 0 Å². The molecule has 33 heavy (non-hydrogen) atoms. The molecule has 0 aliphatic rings. The molecule has 2 aromatic carbocycles. The van der Waals surface area contributed by atoms with Crippen molar-refractivity contribution in [3.63, 3.8) is 0 Å². The molecule has 2 rings (SSSR count). The van der Waals surface area contributed by atoms with Crippen molar-refractivity contribution >= 4 is 22.8 Å². The lowest BCUT2D eigenvalue weighted by Crippen LogP contribution is -2.10. The third kappa shape index (κ3) is 8.57. The lowest BCUT2D eigenvalue weighted by molar-refractivity contribution is 0.616. The predicted octanol–water partition coefficient (Wildman–Crippen LogP) is 9.55. The largest absolute Gasteiger partial charge is 0.252 e. The fourth-order valence-corrected chi connectivity index (χ4v) is 4.52. The smallest absolute Gasteiger partial charge is 0.0636 e. The van der Waals surface area contributed by atoms with Crippen molar-refractivity contribution in [2.24, 2.45) is 9.98 Å². The Balaban J connectivity index is 2.31. The second-order valence-corrected chi connectivity index (χ2v) is 9.09. The Morgan fingerprint density at radius 2 is 1.06 bits per heavy atom. The van der Waals surface area contributed by atoms with Crippen molar-refractivity contribution in [2.45, 2.75) is 112 Å². The highest BCUT2D eigenvalue weighted by Crippen LogP contribution is 2.23. The second kappa shape index (κ2) is 14.8. The number of benzene rings is 2. The van der Waals surface area contributed by atoms with E-state index in [1.165, 1.54) is 60.8 Å². The number of aryl methyl sites for hydroxylation is 4. The molecule has 0 aromatic heterocycles. The Hall–Kier alpha value is -2.22. The molecule has 0 fully saturated rings. The third-order valence-corrected chi connectivity index (χ3v) is 6.65. The van der Waals surface area contributed by atoms with Gasteiger partial charge in [-0.25, -0.2) is 0 Å². The van der Waals surface area contributed by atoms with Crippen LogP contribution in [0.1, 0.15) is 109 Å². The molecule has 0 heterocycles. The van der Waals surface area contributed by atoms with Gasteiger partial charge in [-0.3, -0.25) is 9.98 Å². The van der Waals surface area contributed by atoms with Gasteiger partial charge in [0, 0.05) is 0 Å². The van der Waals surface area contributed by atoms with E-state index in [0.29, 0.717) is 0 Å². The molecule has 0 spiro atoms. The molecule has 0 aliphatic carbocycles. The van der Waals surface area contributed by atoms with Gasteiger partial charge in [-0.1, -0.05) is 78.9 Å². The van der Waals surface area contributed by atoms with Crippen LogP contribution in [0.5, 0.6) is 0 Å². The minimum Gasteiger partial charge on any atom is -0.252 e. The van der Waals surface area contributed by atoms with E-state index in [9.17, 15) is 0 Å². The average molecular weight is 447 g/mol. The summed E-state index contributed by atoms with van der Waals surface area (Å²) in [6.45, 7) is 13.3. The first-order valence-electron chi connectivity index (χ1n) is 13.4. The average Bonchev–Trinajstić information content (AvgIpc) is 2.84. The molecular formula is C31H46N2. The fraction of sp³-hybridized carbons (Fsp3) is 0.548. The van der Waals surface area contributed by atoms with Crippen molar-refractivity contribution in [1.29, 1.82) is 0 Å². The van der Waals surface area contributed by atoms with Gasteiger partial charge in [-0.15, -0.1) is 0 Å². The predicted molar refractivity (Wildman–Crippen MR) is 148 cm³/mol. The first-order chi connectivity index (χ1) is 16.1. The van der Waals surface area contributed by atoms with Crippen LogP contribution in [-0.2, 0) is 25.7 Å². The molecule has 2 aromatic rings. The van der Waals surface area contributed by atoms with Gasteiger partial charge in [0.1, 0.15) is 0 Å². The van der Waals surface area contributed by atoms with E-state index >= 15 is 0 Å². The highest BCUT2D eigenvalue weighted by atomic mass is 14.8. The maximum atomic E-state index is 5.13. The molecule has 0 N–H and O–H groups in total. The number of hydrogen-bond donors (Lipinski definition) is 0. The third-order valence-electron chi connectivity index (χ3n) is 6.65. The second-order valence-electron chi connectivity index (χ2n) is 9.09. The van der Waals surface area contributed by atoms with Crippen LogP contribution in [0, 0.1) is 0 Å². The Morgan fingerprint density at radius 3 is 1.58 bits per heavy atom. The van der Waals surface area contributed by atoms with Gasteiger partial charge in [-0.2, -0.15) is 0 Å². The molecule has 2 nitrogen and oxygen atoms in total. The first-order valence-corrected chi connectivity index (χ1v) is 13.4. The molecule has 0 saturated carbocycles. The van der Waals surface area contributed by atoms with Gasteiger partial charge in [-0.05, 0) is 92.0 Å². The van der Waals surface area contributed by atoms with Crippen molar-refractivity contribution in [3.8, 4) is 0 Å². The van der Waals surface area contributed by atoms with E-state index in [2.05, 4.69) is 77.9 Å². The molecule has 0 saturated heterocycles. The summed E-state index contributed by atoms with van der Waals surface area (Å²) in [5.41, 5.74) is 9.98. The van der Waals surface area contributed by atoms with Crippen molar-refractivity contribution in [1.82, 2.24) is 0 Å². The van der Waals surface area contributed by atoms with E-state index < -0.39 is 0 Å². The number of nitrogens with zero attached hydrogens (tertiary/aromatic N) is 2. The van der Waals surface area contributed by atoms with Crippen LogP contribution in [0.4, 0.5) is 11.4 Å². The SMILES string of the molecule is CCCCCCCCC(=Nc1ccc(CC)c(CC)c1)C(C)=Nc1ccc(CC)c(CC)c1. The van der Waals surface area contributed by atoms with E-state index in [1.807, 2.05) is 0 Å². The summed E-state index contributed by atoms with van der Waals surface area (Å²) in [6.07, 6.45) is 13.0. The highest BCUT2D eigenvalue weighted by Gasteiger charge is 2.08. The number of hydrogen-bond acceptors (Lipinski definition) is 2. The molecule has 0 aliphatic heterocycles. The molecule has 0 bridgehead atoms. The van der Waals surface area contributed by atoms with Crippen LogP contribution in [0.2, 0.25) is 0 Å².